The highest BCUT2D eigenvalue weighted by atomic mass is 16.2. The van der Waals surface area contributed by atoms with Crippen molar-refractivity contribution >= 4 is 11.6 Å². The van der Waals surface area contributed by atoms with Crippen LogP contribution in [0.3, 0.4) is 0 Å². The van der Waals surface area contributed by atoms with Gasteiger partial charge in [-0.25, -0.2) is 0 Å². The van der Waals surface area contributed by atoms with Gasteiger partial charge in [0, 0.05) is 11.3 Å². The molecule has 1 aromatic rings. The van der Waals surface area contributed by atoms with E-state index in [1.165, 1.54) is 5.56 Å². The number of fused-ring (bicyclic) bond motifs is 1. The van der Waals surface area contributed by atoms with Crippen molar-refractivity contribution in [3.8, 4) is 0 Å². The molecule has 1 atom stereocenters. The molecule has 0 bridgehead atoms. The molecule has 1 aliphatic heterocycles. The van der Waals surface area contributed by atoms with Crippen molar-refractivity contribution in [1.29, 1.82) is 0 Å². The van der Waals surface area contributed by atoms with Crippen molar-refractivity contribution in [2.24, 2.45) is 5.73 Å². The number of hydrogen-bond acceptors (Lipinski definition) is 2. The molecule has 1 aliphatic rings. The lowest BCUT2D eigenvalue weighted by Crippen LogP contribution is -2.20. The average Bonchev–Trinajstić information content (AvgIpc) is 2.41. The van der Waals surface area contributed by atoms with Crippen LogP contribution in [0.2, 0.25) is 0 Å². The van der Waals surface area contributed by atoms with Crippen LogP contribution < -0.4 is 11.1 Å². The summed E-state index contributed by atoms with van der Waals surface area (Å²) in [7, 11) is 0. The van der Waals surface area contributed by atoms with Gasteiger partial charge in [0.1, 0.15) is 6.04 Å². The van der Waals surface area contributed by atoms with Gasteiger partial charge in [-0.1, -0.05) is 32.9 Å². The number of hydrogen-bond donors (Lipinski definition) is 2. The molecule has 2 rings (SSSR count). The second-order valence-electron chi connectivity index (χ2n) is 5.02. The maximum atomic E-state index is 11.4. The monoisotopic (exact) mass is 204 g/mol. The van der Waals surface area contributed by atoms with Crippen molar-refractivity contribution in [2.45, 2.75) is 32.2 Å². The molecule has 80 valence electrons. The van der Waals surface area contributed by atoms with Crippen LogP contribution >= 0.6 is 0 Å². The summed E-state index contributed by atoms with van der Waals surface area (Å²) in [6, 6.07) is 5.48. The topological polar surface area (TPSA) is 55.1 Å². The minimum atomic E-state index is -0.512. The molecule has 3 heteroatoms. The molecule has 0 spiro atoms. The first kappa shape index (κ1) is 10.2. The highest BCUT2D eigenvalue weighted by molar-refractivity contribution is 6.02. The van der Waals surface area contributed by atoms with Gasteiger partial charge in [-0.15, -0.1) is 0 Å². The minimum absolute atomic E-state index is 0.0837. The quantitative estimate of drug-likeness (QED) is 0.678. The number of carbonyl (C=O) groups excluding carboxylic acids is 1. The zero-order valence-corrected chi connectivity index (χ0v) is 9.29. The van der Waals surface area contributed by atoms with E-state index in [4.69, 9.17) is 5.73 Å². The van der Waals surface area contributed by atoms with Gasteiger partial charge >= 0.3 is 0 Å². The summed E-state index contributed by atoms with van der Waals surface area (Å²) in [6.07, 6.45) is 0. The second kappa shape index (κ2) is 3.07. The summed E-state index contributed by atoms with van der Waals surface area (Å²) in [5.41, 5.74) is 8.83. The van der Waals surface area contributed by atoms with E-state index in [1.54, 1.807) is 0 Å². The zero-order chi connectivity index (χ0) is 11.2. The molecule has 0 radical (unpaired) electrons. The standard InChI is InChI=1S/C12H16N2O/c1-12(2,3)7-4-5-9-8(6-7)10(13)11(15)14-9/h4-6,10H,13H2,1-3H3,(H,14,15)/t10-/m0/s1. The van der Waals surface area contributed by atoms with E-state index in [0.29, 0.717) is 0 Å². The van der Waals surface area contributed by atoms with Gasteiger partial charge in [0.05, 0.1) is 0 Å². The molecule has 0 unspecified atom stereocenters. The lowest BCUT2D eigenvalue weighted by atomic mass is 9.85. The molecule has 3 nitrogen and oxygen atoms in total. The van der Waals surface area contributed by atoms with Gasteiger partial charge in [-0.05, 0) is 17.0 Å². The normalized spacial score (nSPS) is 20.0. The molecule has 15 heavy (non-hydrogen) atoms. The summed E-state index contributed by atoms with van der Waals surface area (Å²) in [6.45, 7) is 6.43. The fourth-order valence-electron chi connectivity index (χ4n) is 1.75. The Hall–Kier alpha value is -1.35. The van der Waals surface area contributed by atoms with Crippen LogP contribution in [0.1, 0.15) is 37.9 Å². The molecule has 1 heterocycles. The van der Waals surface area contributed by atoms with Gasteiger partial charge in [-0.2, -0.15) is 0 Å². The predicted octanol–water partition coefficient (Wildman–Crippen LogP) is 1.94. The Balaban J connectivity index is 2.49. The molecule has 0 aromatic heterocycles. The largest absolute Gasteiger partial charge is 0.324 e. The van der Waals surface area contributed by atoms with Crippen molar-refractivity contribution < 1.29 is 4.79 Å². The van der Waals surface area contributed by atoms with Crippen LogP contribution in [-0.2, 0) is 10.2 Å². The van der Waals surface area contributed by atoms with Crippen LogP contribution in [0.4, 0.5) is 5.69 Å². The third-order valence-electron chi connectivity index (χ3n) is 2.79. The summed E-state index contributed by atoms with van der Waals surface area (Å²) >= 11 is 0. The molecular formula is C12H16N2O. The Morgan fingerprint density at radius 1 is 1.33 bits per heavy atom. The van der Waals surface area contributed by atoms with Crippen LogP contribution in [-0.4, -0.2) is 5.91 Å². The van der Waals surface area contributed by atoms with E-state index < -0.39 is 6.04 Å². The number of rotatable bonds is 0. The van der Waals surface area contributed by atoms with E-state index in [-0.39, 0.29) is 11.3 Å². The molecule has 0 fully saturated rings. The Morgan fingerprint density at radius 3 is 2.60 bits per heavy atom. The van der Waals surface area contributed by atoms with Crippen molar-refractivity contribution in [2.75, 3.05) is 5.32 Å². The van der Waals surface area contributed by atoms with Crippen molar-refractivity contribution in [3.05, 3.63) is 29.3 Å². The molecule has 1 amide bonds. The van der Waals surface area contributed by atoms with E-state index in [0.717, 1.165) is 11.3 Å². The fourth-order valence-corrected chi connectivity index (χ4v) is 1.75. The average molecular weight is 204 g/mol. The number of nitrogens with one attached hydrogen (secondary N) is 1. The Bertz CT molecular complexity index is 418. The zero-order valence-electron chi connectivity index (χ0n) is 9.29. The third-order valence-corrected chi connectivity index (χ3v) is 2.79. The van der Waals surface area contributed by atoms with Gasteiger partial charge in [0.2, 0.25) is 5.91 Å². The molecule has 1 aromatic carbocycles. The molecule has 0 saturated carbocycles. The molecular weight excluding hydrogens is 188 g/mol. The molecule has 3 N–H and O–H groups in total. The summed E-state index contributed by atoms with van der Waals surface area (Å²) < 4.78 is 0. The van der Waals surface area contributed by atoms with E-state index in [2.05, 4.69) is 26.1 Å². The smallest absolute Gasteiger partial charge is 0.245 e. The van der Waals surface area contributed by atoms with Gasteiger partial charge < -0.3 is 11.1 Å². The van der Waals surface area contributed by atoms with E-state index in [1.807, 2.05) is 18.2 Å². The highest BCUT2D eigenvalue weighted by Gasteiger charge is 2.28. The number of carbonyl (C=O) groups is 1. The van der Waals surface area contributed by atoms with Crippen LogP contribution in [0.5, 0.6) is 0 Å². The van der Waals surface area contributed by atoms with Crippen LogP contribution in [0, 0.1) is 0 Å². The molecule has 0 aliphatic carbocycles. The Kier molecular flexibility index (Phi) is 2.08. The summed E-state index contributed by atoms with van der Waals surface area (Å²) in [5.74, 6) is -0.115. The Labute approximate surface area is 89.7 Å². The number of amides is 1. The number of benzene rings is 1. The minimum Gasteiger partial charge on any atom is -0.324 e. The second-order valence-corrected chi connectivity index (χ2v) is 5.02. The lowest BCUT2D eigenvalue weighted by Gasteiger charge is -2.20. The van der Waals surface area contributed by atoms with E-state index >= 15 is 0 Å². The third kappa shape index (κ3) is 1.63. The van der Waals surface area contributed by atoms with Crippen molar-refractivity contribution in [3.63, 3.8) is 0 Å². The van der Waals surface area contributed by atoms with Crippen molar-refractivity contribution in [1.82, 2.24) is 0 Å². The fraction of sp³-hybridized carbons (Fsp3) is 0.417. The van der Waals surface area contributed by atoms with Crippen LogP contribution in [0.15, 0.2) is 18.2 Å². The van der Waals surface area contributed by atoms with Gasteiger partial charge in [0.15, 0.2) is 0 Å². The SMILES string of the molecule is CC(C)(C)c1ccc2c(c1)[C@H](N)C(=O)N2. The number of anilines is 1. The molecule has 0 saturated heterocycles. The Morgan fingerprint density at radius 2 is 2.00 bits per heavy atom. The first-order valence-electron chi connectivity index (χ1n) is 5.10. The first-order chi connectivity index (χ1) is 6.89. The highest BCUT2D eigenvalue weighted by Crippen LogP contribution is 2.33. The number of nitrogens with two attached hydrogens (primary N) is 1. The van der Waals surface area contributed by atoms with Gasteiger partial charge in [-0.3, -0.25) is 4.79 Å². The first-order valence-corrected chi connectivity index (χ1v) is 5.10. The lowest BCUT2D eigenvalue weighted by molar-refractivity contribution is -0.116. The maximum absolute atomic E-state index is 11.4. The summed E-state index contributed by atoms with van der Waals surface area (Å²) in [4.78, 5) is 11.4. The predicted molar refractivity (Wildman–Crippen MR) is 60.7 cm³/mol. The van der Waals surface area contributed by atoms with Gasteiger partial charge in [0.25, 0.3) is 0 Å². The summed E-state index contributed by atoms with van der Waals surface area (Å²) in [5, 5.41) is 2.76. The van der Waals surface area contributed by atoms with Crippen LogP contribution in [0.25, 0.3) is 0 Å². The van der Waals surface area contributed by atoms with E-state index in [9.17, 15) is 4.79 Å². The maximum Gasteiger partial charge on any atom is 0.245 e.